The number of ether oxygens (including phenoxy) is 1. The minimum absolute atomic E-state index is 0.0997. The third-order valence-electron chi connectivity index (χ3n) is 3.77. The molecule has 0 bridgehead atoms. The Bertz CT molecular complexity index is 612. The number of anilines is 1. The van der Waals surface area contributed by atoms with Crippen LogP contribution in [0.15, 0.2) is 24.3 Å². The molecule has 0 saturated carbocycles. The molecule has 3 N–H and O–H groups in total. The van der Waals surface area contributed by atoms with Crippen LogP contribution >= 0.6 is 0 Å². The van der Waals surface area contributed by atoms with Gasteiger partial charge in [-0.2, -0.15) is 0 Å². The molecule has 0 radical (unpaired) electrons. The van der Waals surface area contributed by atoms with Gasteiger partial charge in [-0.05, 0) is 30.7 Å². The number of rotatable bonds is 9. The van der Waals surface area contributed by atoms with Gasteiger partial charge in [0.25, 0.3) is 0 Å². The Kier molecular flexibility index (Phi) is 8.78. The first-order valence-corrected chi connectivity index (χ1v) is 8.75. The van der Waals surface area contributed by atoms with Crippen molar-refractivity contribution in [1.29, 1.82) is 0 Å². The summed E-state index contributed by atoms with van der Waals surface area (Å²) in [6.07, 6.45) is 0. The zero-order valence-electron chi connectivity index (χ0n) is 16.1. The molecule has 1 unspecified atom stereocenters. The van der Waals surface area contributed by atoms with E-state index in [1.807, 2.05) is 13.8 Å². The van der Waals surface area contributed by atoms with Gasteiger partial charge in [-0.25, -0.2) is 0 Å². The summed E-state index contributed by atoms with van der Waals surface area (Å²) in [5, 5.41) is 8.26. The molecule has 1 rings (SSSR count). The van der Waals surface area contributed by atoms with Gasteiger partial charge in [-0.1, -0.05) is 39.8 Å². The summed E-state index contributed by atoms with van der Waals surface area (Å²) in [6, 6.07) is 6.66. The Balaban J connectivity index is 2.45. The minimum Gasteiger partial charge on any atom is -0.461 e. The Morgan fingerprint density at radius 1 is 1.04 bits per heavy atom. The molecule has 26 heavy (non-hydrogen) atoms. The summed E-state index contributed by atoms with van der Waals surface area (Å²) >= 11 is 0. The number of amides is 2. The van der Waals surface area contributed by atoms with Gasteiger partial charge in [0, 0.05) is 5.69 Å². The van der Waals surface area contributed by atoms with Crippen molar-refractivity contribution < 1.29 is 19.1 Å². The van der Waals surface area contributed by atoms with E-state index >= 15 is 0 Å². The second-order valence-electron chi connectivity index (χ2n) is 6.74. The van der Waals surface area contributed by atoms with Gasteiger partial charge < -0.3 is 20.7 Å². The zero-order valence-corrected chi connectivity index (χ0v) is 16.1. The van der Waals surface area contributed by atoms with Crippen LogP contribution in [-0.4, -0.2) is 37.4 Å². The molecular formula is C19H29N3O4. The highest BCUT2D eigenvalue weighted by Crippen LogP contribution is 2.11. The number of benzene rings is 1. The van der Waals surface area contributed by atoms with Crippen LogP contribution < -0.4 is 16.0 Å². The molecule has 144 valence electrons. The Hall–Kier alpha value is -2.41. The quantitative estimate of drug-likeness (QED) is 0.580. The van der Waals surface area contributed by atoms with Crippen LogP contribution in [0.4, 0.5) is 5.69 Å². The van der Waals surface area contributed by atoms with E-state index in [9.17, 15) is 14.4 Å². The fraction of sp³-hybridized carbons (Fsp3) is 0.526. The van der Waals surface area contributed by atoms with Crippen molar-refractivity contribution in [2.45, 2.75) is 40.3 Å². The lowest BCUT2D eigenvalue weighted by atomic mass is 10.0. The topological polar surface area (TPSA) is 96.5 Å². The number of esters is 1. The molecule has 2 amide bonds. The monoisotopic (exact) mass is 363 g/mol. The predicted octanol–water partition coefficient (Wildman–Crippen LogP) is 1.68. The number of carbonyl (C=O) groups is 3. The Labute approximate surface area is 154 Å². The van der Waals surface area contributed by atoms with Gasteiger partial charge in [-0.3, -0.25) is 14.4 Å². The van der Waals surface area contributed by atoms with Gasteiger partial charge >= 0.3 is 5.97 Å². The highest BCUT2D eigenvalue weighted by molar-refractivity contribution is 5.95. The van der Waals surface area contributed by atoms with Gasteiger partial charge in [0.15, 0.2) is 0 Å². The zero-order chi connectivity index (χ0) is 19.7. The van der Waals surface area contributed by atoms with Crippen molar-refractivity contribution in [3.8, 4) is 0 Å². The van der Waals surface area contributed by atoms with Crippen molar-refractivity contribution in [1.82, 2.24) is 10.6 Å². The van der Waals surface area contributed by atoms with Gasteiger partial charge in [-0.15, -0.1) is 0 Å². The highest BCUT2D eigenvalue weighted by atomic mass is 16.5. The van der Waals surface area contributed by atoms with Gasteiger partial charge in [0.05, 0.1) is 18.5 Å². The standard InChI is InChI=1S/C19H29N3O4/c1-12(2)17(20-5)18(24)21-10-16(23)22-15-8-6-14(7-9-15)11-26-19(25)13(3)4/h6-9,12-13,17,20H,10-11H2,1-5H3,(H,21,24)(H,22,23). The van der Waals surface area contributed by atoms with E-state index in [0.29, 0.717) is 5.69 Å². The molecule has 0 spiro atoms. The lowest BCUT2D eigenvalue weighted by Crippen LogP contribution is -2.47. The molecule has 0 saturated heterocycles. The SMILES string of the molecule is CNC(C(=O)NCC(=O)Nc1ccc(COC(=O)C(C)C)cc1)C(C)C. The van der Waals surface area contributed by atoms with Crippen molar-refractivity contribution in [2.75, 3.05) is 18.9 Å². The second kappa shape index (κ2) is 10.6. The van der Waals surface area contributed by atoms with Crippen LogP contribution in [-0.2, 0) is 25.7 Å². The largest absolute Gasteiger partial charge is 0.461 e. The lowest BCUT2D eigenvalue weighted by Gasteiger charge is -2.19. The van der Waals surface area contributed by atoms with Crippen molar-refractivity contribution >= 4 is 23.5 Å². The first-order valence-electron chi connectivity index (χ1n) is 8.75. The summed E-state index contributed by atoms with van der Waals surface area (Å²) in [4.78, 5) is 35.4. The number of likely N-dealkylation sites (N-methyl/N-ethyl adjacent to an activating group) is 1. The normalized spacial score (nSPS) is 12.0. The van der Waals surface area contributed by atoms with E-state index in [4.69, 9.17) is 4.74 Å². The first-order chi connectivity index (χ1) is 12.2. The number of carbonyl (C=O) groups excluding carboxylic acids is 3. The van der Waals surface area contributed by atoms with Crippen LogP contribution in [0.2, 0.25) is 0 Å². The van der Waals surface area contributed by atoms with Crippen LogP contribution in [0, 0.1) is 11.8 Å². The Morgan fingerprint density at radius 2 is 1.65 bits per heavy atom. The van der Waals surface area contributed by atoms with Crippen LogP contribution in [0.1, 0.15) is 33.3 Å². The van der Waals surface area contributed by atoms with E-state index < -0.39 is 0 Å². The van der Waals surface area contributed by atoms with E-state index in [2.05, 4.69) is 16.0 Å². The van der Waals surface area contributed by atoms with E-state index in [0.717, 1.165) is 5.56 Å². The second-order valence-corrected chi connectivity index (χ2v) is 6.74. The fourth-order valence-electron chi connectivity index (χ4n) is 2.26. The molecular weight excluding hydrogens is 334 g/mol. The number of nitrogens with one attached hydrogen (secondary N) is 3. The smallest absolute Gasteiger partial charge is 0.308 e. The van der Waals surface area contributed by atoms with Gasteiger partial charge in [0.1, 0.15) is 6.61 Å². The van der Waals surface area contributed by atoms with Crippen molar-refractivity contribution in [2.24, 2.45) is 11.8 Å². The molecule has 0 heterocycles. The predicted molar refractivity (Wildman–Crippen MR) is 100 cm³/mol. The van der Waals surface area contributed by atoms with Crippen molar-refractivity contribution in [3.63, 3.8) is 0 Å². The number of hydrogen-bond donors (Lipinski definition) is 3. The summed E-state index contributed by atoms with van der Waals surface area (Å²) in [7, 11) is 1.71. The summed E-state index contributed by atoms with van der Waals surface area (Å²) in [6.45, 7) is 7.51. The molecule has 0 aliphatic heterocycles. The summed E-state index contributed by atoms with van der Waals surface area (Å²) < 4.78 is 5.15. The molecule has 7 heteroatoms. The van der Waals surface area contributed by atoms with E-state index in [-0.39, 0.29) is 48.8 Å². The molecule has 0 fully saturated rings. The minimum atomic E-state index is -0.337. The van der Waals surface area contributed by atoms with Crippen LogP contribution in [0.25, 0.3) is 0 Å². The molecule has 0 aliphatic rings. The van der Waals surface area contributed by atoms with Crippen LogP contribution in [0.3, 0.4) is 0 Å². The Morgan fingerprint density at radius 3 is 2.15 bits per heavy atom. The first kappa shape index (κ1) is 21.6. The average molecular weight is 363 g/mol. The maximum atomic E-state index is 12.0. The van der Waals surface area contributed by atoms with E-state index in [1.165, 1.54) is 0 Å². The van der Waals surface area contributed by atoms with E-state index in [1.54, 1.807) is 45.2 Å². The molecule has 1 aromatic carbocycles. The molecule has 0 aliphatic carbocycles. The maximum Gasteiger partial charge on any atom is 0.308 e. The summed E-state index contributed by atoms with van der Waals surface area (Å²) in [5.41, 5.74) is 1.44. The third kappa shape index (κ3) is 7.23. The van der Waals surface area contributed by atoms with Crippen molar-refractivity contribution in [3.05, 3.63) is 29.8 Å². The highest BCUT2D eigenvalue weighted by Gasteiger charge is 2.20. The molecule has 1 atom stereocenters. The average Bonchev–Trinajstić information content (AvgIpc) is 2.59. The molecule has 0 aromatic heterocycles. The fourth-order valence-corrected chi connectivity index (χ4v) is 2.26. The summed E-state index contributed by atoms with van der Waals surface area (Å²) in [5.74, 6) is -0.808. The maximum absolute atomic E-state index is 12.0. The third-order valence-corrected chi connectivity index (χ3v) is 3.77. The molecule has 7 nitrogen and oxygen atoms in total. The lowest BCUT2D eigenvalue weighted by molar-refractivity contribution is -0.148. The van der Waals surface area contributed by atoms with Crippen LogP contribution in [0.5, 0.6) is 0 Å². The molecule has 1 aromatic rings. The number of hydrogen-bond acceptors (Lipinski definition) is 5. The van der Waals surface area contributed by atoms with Gasteiger partial charge in [0.2, 0.25) is 11.8 Å².